The Balaban J connectivity index is 2.91. The van der Waals surface area contributed by atoms with Crippen LogP contribution in [-0.4, -0.2) is 17.0 Å². The number of halogens is 1. The van der Waals surface area contributed by atoms with Crippen LogP contribution in [0.15, 0.2) is 22.7 Å². The highest BCUT2D eigenvalue weighted by Crippen LogP contribution is 2.24. The molecule has 14 heavy (non-hydrogen) atoms. The topological polar surface area (TPSA) is 92.4 Å². The largest absolute Gasteiger partial charge is 0.507 e. The second-order valence-electron chi connectivity index (χ2n) is 2.48. The van der Waals surface area contributed by atoms with Gasteiger partial charge in [0.15, 0.2) is 0 Å². The number of hydrogen-bond acceptors (Lipinski definition) is 3. The van der Waals surface area contributed by atoms with E-state index >= 15 is 0 Å². The Kier molecular flexibility index (Phi) is 3.08. The van der Waals surface area contributed by atoms with Gasteiger partial charge in [-0.2, -0.15) is 0 Å². The first-order chi connectivity index (χ1) is 6.50. The van der Waals surface area contributed by atoms with Crippen molar-refractivity contribution in [3.63, 3.8) is 0 Å². The lowest BCUT2D eigenvalue weighted by molar-refractivity contribution is 0.0966. The lowest BCUT2D eigenvalue weighted by atomic mass is 10.2. The minimum Gasteiger partial charge on any atom is -0.507 e. The normalized spacial score (nSPS) is 9.50. The Morgan fingerprint density at radius 2 is 2.07 bits per heavy atom. The average molecular weight is 259 g/mol. The molecular formula is C8H7BrN2O3. The van der Waals surface area contributed by atoms with Crippen molar-refractivity contribution >= 4 is 27.9 Å². The number of nitrogens with one attached hydrogen (secondary N) is 1. The van der Waals surface area contributed by atoms with Gasteiger partial charge < -0.3 is 10.8 Å². The molecule has 5 nitrogen and oxygen atoms in total. The van der Waals surface area contributed by atoms with Crippen LogP contribution in [0.25, 0.3) is 0 Å². The van der Waals surface area contributed by atoms with Crippen molar-refractivity contribution in [1.82, 2.24) is 5.32 Å². The van der Waals surface area contributed by atoms with Gasteiger partial charge in [-0.1, -0.05) is 0 Å². The van der Waals surface area contributed by atoms with Gasteiger partial charge in [-0.15, -0.1) is 0 Å². The number of phenolic OH excluding ortho intramolecular Hbond substituents is 1. The fraction of sp³-hybridized carbons (Fsp3) is 0. The fourth-order valence-electron chi connectivity index (χ4n) is 0.838. The minimum atomic E-state index is -0.933. The van der Waals surface area contributed by atoms with Crippen molar-refractivity contribution in [1.29, 1.82) is 0 Å². The van der Waals surface area contributed by atoms with E-state index < -0.39 is 11.9 Å². The summed E-state index contributed by atoms with van der Waals surface area (Å²) < 4.78 is 0.466. The van der Waals surface area contributed by atoms with Gasteiger partial charge in [0.2, 0.25) is 0 Å². The predicted molar refractivity (Wildman–Crippen MR) is 52.9 cm³/mol. The summed E-state index contributed by atoms with van der Waals surface area (Å²) in [5, 5.41) is 11.1. The Bertz CT molecular complexity index is 392. The molecule has 0 spiro atoms. The molecule has 0 heterocycles. The van der Waals surface area contributed by atoms with Gasteiger partial charge in [0.25, 0.3) is 5.91 Å². The monoisotopic (exact) mass is 258 g/mol. The summed E-state index contributed by atoms with van der Waals surface area (Å²) in [5.41, 5.74) is 4.91. The van der Waals surface area contributed by atoms with E-state index in [-0.39, 0.29) is 11.3 Å². The van der Waals surface area contributed by atoms with Crippen molar-refractivity contribution in [2.45, 2.75) is 0 Å². The lowest BCUT2D eigenvalue weighted by Gasteiger charge is -2.02. The highest BCUT2D eigenvalue weighted by Gasteiger charge is 2.09. The van der Waals surface area contributed by atoms with Gasteiger partial charge >= 0.3 is 6.03 Å². The molecule has 0 aliphatic carbocycles. The molecule has 1 aromatic rings. The molecule has 0 saturated heterocycles. The molecule has 0 bridgehead atoms. The Morgan fingerprint density at radius 3 is 2.57 bits per heavy atom. The number of carbonyl (C=O) groups is 2. The highest BCUT2D eigenvalue weighted by molar-refractivity contribution is 9.10. The van der Waals surface area contributed by atoms with Gasteiger partial charge in [-0.3, -0.25) is 10.1 Å². The number of benzene rings is 1. The number of hydrogen-bond donors (Lipinski definition) is 3. The number of phenols is 1. The Labute approximate surface area is 88.0 Å². The zero-order valence-corrected chi connectivity index (χ0v) is 8.54. The first-order valence-electron chi connectivity index (χ1n) is 3.60. The van der Waals surface area contributed by atoms with Crippen LogP contribution < -0.4 is 11.1 Å². The molecule has 0 radical (unpaired) electrons. The van der Waals surface area contributed by atoms with Gasteiger partial charge in [0.05, 0.1) is 4.47 Å². The number of aromatic hydroxyl groups is 1. The van der Waals surface area contributed by atoms with E-state index in [0.29, 0.717) is 4.47 Å². The van der Waals surface area contributed by atoms with Crippen molar-refractivity contribution in [2.75, 3.05) is 0 Å². The lowest BCUT2D eigenvalue weighted by Crippen LogP contribution is -2.34. The van der Waals surface area contributed by atoms with Gasteiger partial charge in [-0.05, 0) is 34.1 Å². The maximum atomic E-state index is 11.2. The van der Waals surface area contributed by atoms with Crippen molar-refractivity contribution in [3.8, 4) is 5.75 Å². The second kappa shape index (κ2) is 4.10. The molecule has 0 fully saturated rings. The van der Waals surface area contributed by atoms with Gasteiger partial charge in [-0.25, -0.2) is 4.79 Å². The summed E-state index contributed by atoms with van der Waals surface area (Å²) in [7, 11) is 0. The number of rotatable bonds is 1. The Morgan fingerprint density at radius 1 is 1.43 bits per heavy atom. The molecular weight excluding hydrogens is 252 g/mol. The zero-order valence-electron chi connectivity index (χ0n) is 6.95. The summed E-state index contributed by atoms with van der Waals surface area (Å²) >= 11 is 3.06. The van der Waals surface area contributed by atoms with Gasteiger partial charge in [0.1, 0.15) is 5.75 Å². The van der Waals surface area contributed by atoms with Crippen LogP contribution in [0.4, 0.5) is 4.79 Å². The van der Waals surface area contributed by atoms with Crippen LogP contribution in [0.5, 0.6) is 5.75 Å². The van der Waals surface area contributed by atoms with E-state index in [1.165, 1.54) is 18.2 Å². The molecule has 6 heteroatoms. The molecule has 1 rings (SSSR count). The summed E-state index contributed by atoms with van der Waals surface area (Å²) in [5.74, 6) is -0.734. The van der Waals surface area contributed by atoms with E-state index in [0.717, 1.165) is 0 Å². The molecule has 74 valence electrons. The third-order valence-electron chi connectivity index (χ3n) is 1.45. The van der Waals surface area contributed by atoms with Crippen LogP contribution >= 0.6 is 15.9 Å². The standard InChI is InChI=1S/C8H7BrN2O3/c9-5-2-1-4(3-6(5)12)7(13)11-8(10)14/h1-3,12H,(H3,10,11,13,14). The number of carbonyl (C=O) groups excluding carboxylic acids is 2. The number of imide groups is 1. The maximum Gasteiger partial charge on any atom is 0.319 e. The van der Waals surface area contributed by atoms with Gasteiger partial charge in [0, 0.05) is 5.56 Å². The van der Waals surface area contributed by atoms with E-state index in [2.05, 4.69) is 15.9 Å². The molecule has 0 atom stereocenters. The van der Waals surface area contributed by atoms with Crippen LogP contribution in [0, 0.1) is 0 Å². The van der Waals surface area contributed by atoms with Crippen molar-refractivity contribution in [3.05, 3.63) is 28.2 Å². The second-order valence-corrected chi connectivity index (χ2v) is 3.34. The molecule has 0 saturated carbocycles. The Hall–Kier alpha value is -1.56. The average Bonchev–Trinajstić information content (AvgIpc) is 2.08. The van der Waals surface area contributed by atoms with E-state index in [4.69, 9.17) is 5.73 Å². The first-order valence-corrected chi connectivity index (χ1v) is 4.39. The zero-order chi connectivity index (χ0) is 10.7. The molecule has 0 aliphatic heterocycles. The van der Waals surface area contributed by atoms with Crippen molar-refractivity contribution in [2.24, 2.45) is 5.73 Å². The number of primary amides is 1. The fourth-order valence-corrected chi connectivity index (χ4v) is 1.08. The van der Waals surface area contributed by atoms with Crippen molar-refractivity contribution < 1.29 is 14.7 Å². The minimum absolute atomic E-state index is 0.0814. The maximum absolute atomic E-state index is 11.2. The van der Waals surface area contributed by atoms with Crippen LogP contribution in [0.3, 0.4) is 0 Å². The summed E-state index contributed by atoms with van der Waals surface area (Å²) in [4.78, 5) is 21.5. The van der Waals surface area contributed by atoms with Crippen LogP contribution in [0.2, 0.25) is 0 Å². The predicted octanol–water partition coefficient (Wildman–Crippen LogP) is 0.963. The van der Waals surface area contributed by atoms with Crippen LogP contribution in [0.1, 0.15) is 10.4 Å². The molecule has 3 amide bonds. The van der Waals surface area contributed by atoms with Crippen LogP contribution in [-0.2, 0) is 0 Å². The number of urea groups is 1. The SMILES string of the molecule is NC(=O)NC(=O)c1ccc(Br)c(O)c1. The molecule has 0 aliphatic rings. The molecule has 0 unspecified atom stereocenters. The third kappa shape index (κ3) is 2.46. The first kappa shape index (κ1) is 10.5. The highest BCUT2D eigenvalue weighted by atomic mass is 79.9. The summed E-state index contributed by atoms with van der Waals surface area (Å²) in [6.07, 6.45) is 0. The molecule has 4 N–H and O–H groups in total. The molecule has 1 aromatic carbocycles. The summed E-state index contributed by atoms with van der Waals surface area (Å²) in [6, 6.07) is 3.23. The van der Waals surface area contributed by atoms with E-state index in [1.807, 2.05) is 5.32 Å². The van der Waals surface area contributed by atoms with E-state index in [1.54, 1.807) is 0 Å². The van der Waals surface area contributed by atoms with E-state index in [9.17, 15) is 14.7 Å². The molecule has 0 aromatic heterocycles. The number of nitrogens with two attached hydrogens (primary N) is 1. The third-order valence-corrected chi connectivity index (χ3v) is 2.12. The summed E-state index contributed by atoms with van der Waals surface area (Å²) in [6.45, 7) is 0. The quantitative estimate of drug-likeness (QED) is 0.701. The smallest absolute Gasteiger partial charge is 0.319 e. The number of amides is 3.